The summed E-state index contributed by atoms with van der Waals surface area (Å²) in [6, 6.07) is 7.83. The zero-order valence-corrected chi connectivity index (χ0v) is 21.4. The first kappa shape index (κ1) is 27.8. The van der Waals surface area contributed by atoms with E-state index in [4.69, 9.17) is 9.47 Å². The minimum absolute atomic E-state index is 0.218. The Morgan fingerprint density at radius 2 is 1.21 bits per heavy atom. The Bertz CT molecular complexity index is 775. The van der Waals surface area contributed by atoms with Crippen molar-refractivity contribution in [3.63, 3.8) is 0 Å². The van der Waals surface area contributed by atoms with Crippen LogP contribution in [0.1, 0.15) is 110 Å². The van der Waals surface area contributed by atoms with E-state index in [1.165, 1.54) is 70.6 Å². The Hall–Kier alpha value is -2.43. The van der Waals surface area contributed by atoms with E-state index >= 15 is 0 Å². The number of benzene rings is 1. The van der Waals surface area contributed by atoms with Gasteiger partial charge in [0, 0.05) is 12.0 Å². The van der Waals surface area contributed by atoms with E-state index < -0.39 is 0 Å². The van der Waals surface area contributed by atoms with Gasteiger partial charge in [-0.05, 0) is 37.1 Å². The van der Waals surface area contributed by atoms with Crippen molar-refractivity contribution in [3.8, 4) is 22.9 Å². The van der Waals surface area contributed by atoms with E-state index in [1.807, 2.05) is 24.3 Å². The molecule has 0 fully saturated rings. The van der Waals surface area contributed by atoms with Gasteiger partial charge in [0.25, 0.3) is 0 Å². The maximum atomic E-state index is 12.0. The zero-order chi connectivity index (χ0) is 24.3. The lowest BCUT2D eigenvalue weighted by Crippen LogP contribution is -2.08. The number of rotatable bonds is 19. The van der Waals surface area contributed by atoms with Crippen LogP contribution in [0.25, 0.3) is 11.4 Å². The SMILES string of the molecule is CCCCCCCCCCOc1ccc(-c2ncc(OC(=O)CCCCCCCC)cn2)cc1. The van der Waals surface area contributed by atoms with Crippen LogP contribution in [0.15, 0.2) is 36.7 Å². The fraction of sp³-hybridized carbons (Fsp3) is 0.621. The first-order chi connectivity index (χ1) is 16.7. The molecule has 0 aliphatic rings. The Kier molecular flexibility index (Phi) is 14.7. The maximum Gasteiger partial charge on any atom is 0.311 e. The van der Waals surface area contributed by atoms with Crippen LogP contribution in [0.2, 0.25) is 0 Å². The molecule has 0 bridgehead atoms. The predicted octanol–water partition coefficient (Wildman–Crippen LogP) is 8.32. The number of carbonyl (C=O) groups is 1. The Balaban J connectivity index is 1.64. The molecule has 5 nitrogen and oxygen atoms in total. The zero-order valence-electron chi connectivity index (χ0n) is 21.4. The van der Waals surface area contributed by atoms with Gasteiger partial charge >= 0.3 is 5.97 Å². The summed E-state index contributed by atoms with van der Waals surface area (Å²) < 4.78 is 11.2. The number of hydrogen-bond acceptors (Lipinski definition) is 5. The summed E-state index contributed by atoms with van der Waals surface area (Å²) in [7, 11) is 0. The highest BCUT2D eigenvalue weighted by Gasteiger charge is 2.07. The van der Waals surface area contributed by atoms with E-state index in [9.17, 15) is 4.79 Å². The number of esters is 1. The Morgan fingerprint density at radius 3 is 1.79 bits per heavy atom. The van der Waals surface area contributed by atoms with E-state index in [0.29, 0.717) is 18.0 Å². The number of ether oxygens (including phenoxy) is 2. The van der Waals surface area contributed by atoms with E-state index in [0.717, 1.165) is 37.2 Å². The molecule has 1 aromatic carbocycles. The molecular weight excluding hydrogens is 424 g/mol. The Labute approximate surface area is 206 Å². The number of unbranched alkanes of at least 4 members (excludes halogenated alkanes) is 12. The highest BCUT2D eigenvalue weighted by Crippen LogP contribution is 2.21. The molecule has 0 radical (unpaired) electrons. The van der Waals surface area contributed by atoms with Crippen LogP contribution in [0, 0.1) is 0 Å². The highest BCUT2D eigenvalue weighted by molar-refractivity contribution is 5.72. The lowest BCUT2D eigenvalue weighted by Gasteiger charge is -2.08. The number of hydrogen-bond donors (Lipinski definition) is 0. The average Bonchev–Trinajstić information content (AvgIpc) is 2.86. The van der Waals surface area contributed by atoms with Crippen LogP contribution in [0.4, 0.5) is 0 Å². The van der Waals surface area contributed by atoms with Crippen LogP contribution < -0.4 is 9.47 Å². The molecule has 0 saturated heterocycles. The van der Waals surface area contributed by atoms with E-state index in [-0.39, 0.29) is 5.97 Å². The van der Waals surface area contributed by atoms with E-state index in [2.05, 4.69) is 23.8 Å². The first-order valence-electron chi connectivity index (χ1n) is 13.5. The van der Waals surface area contributed by atoms with Gasteiger partial charge < -0.3 is 9.47 Å². The standard InChI is InChI=1S/C29H44N2O3/c1-3-5-7-9-11-12-14-16-22-33-26-20-18-25(19-21-26)29-30-23-27(24-31-29)34-28(32)17-15-13-10-8-6-4-2/h18-21,23-24H,3-17,22H2,1-2H3. The summed E-state index contributed by atoms with van der Waals surface area (Å²) in [4.78, 5) is 20.7. The molecule has 5 heteroatoms. The van der Waals surface area contributed by atoms with Crippen LogP contribution >= 0.6 is 0 Å². The van der Waals surface area contributed by atoms with Gasteiger partial charge in [-0.15, -0.1) is 0 Å². The van der Waals surface area contributed by atoms with Crippen molar-refractivity contribution in [3.05, 3.63) is 36.7 Å². The molecule has 34 heavy (non-hydrogen) atoms. The molecule has 2 rings (SSSR count). The second kappa shape index (κ2) is 18.0. The van der Waals surface area contributed by atoms with Crippen molar-refractivity contribution in [1.82, 2.24) is 9.97 Å². The summed E-state index contributed by atoms with van der Waals surface area (Å²) in [5.74, 6) is 1.65. The van der Waals surface area contributed by atoms with Crippen molar-refractivity contribution >= 4 is 5.97 Å². The third-order valence-electron chi connectivity index (χ3n) is 5.97. The van der Waals surface area contributed by atoms with Crippen molar-refractivity contribution in [2.75, 3.05) is 6.61 Å². The van der Waals surface area contributed by atoms with Gasteiger partial charge in [-0.3, -0.25) is 4.79 Å². The number of nitrogens with zero attached hydrogens (tertiary/aromatic N) is 2. The van der Waals surface area contributed by atoms with Gasteiger partial charge in [0.05, 0.1) is 19.0 Å². The molecular formula is C29H44N2O3. The lowest BCUT2D eigenvalue weighted by atomic mass is 10.1. The van der Waals surface area contributed by atoms with Gasteiger partial charge in [0.2, 0.25) is 0 Å². The van der Waals surface area contributed by atoms with Crippen molar-refractivity contribution < 1.29 is 14.3 Å². The fourth-order valence-corrected chi connectivity index (χ4v) is 3.88. The molecule has 0 saturated carbocycles. The molecule has 0 aliphatic heterocycles. The smallest absolute Gasteiger partial charge is 0.311 e. The number of aromatic nitrogens is 2. The molecule has 0 aliphatic carbocycles. The third-order valence-corrected chi connectivity index (χ3v) is 5.97. The maximum absolute atomic E-state index is 12.0. The number of carbonyl (C=O) groups excluding carboxylic acids is 1. The second-order valence-corrected chi connectivity index (χ2v) is 9.08. The van der Waals surface area contributed by atoms with Gasteiger partial charge in [0.15, 0.2) is 11.6 Å². The quantitative estimate of drug-likeness (QED) is 0.153. The predicted molar refractivity (Wildman–Crippen MR) is 139 cm³/mol. The van der Waals surface area contributed by atoms with Crippen LogP contribution in [-0.2, 0) is 4.79 Å². The Morgan fingerprint density at radius 1 is 0.676 bits per heavy atom. The van der Waals surface area contributed by atoms with Crippen molar-refractivity contribution in [2.45, 2.75) is 110 Å². The molecule has 1 heterocycles. The second-order valence-electron chi connectivity index (χ2n) is 9.08. The van der Waals surface area contributed by atoms with Gasteiger partial charge in [0.1, 0.15) is 5.75 Å². The summed E-state index contributed by atoms with van der Waals surface area (Å²) in [6.07, 6.45) is 20.8. The van der Waals surface area contributed by atoms with Crippen molar-refractivity contribution in [1.29, 1.82) is 0 Å². The summed E-state index contributed by atoms with van der Waals surface area (Å²) >= 11 is 0. The van der Waals surface area contributed by atoms with Crippen LogP contribution in [0.3, 0.4) is 0 Å². The van der Waals surface area contributed by atoms with Crippen LogP contribution in [0.5, 0.6) is 11.5 Å². The molecule has 0 atom stereocenters. The average molecular weight is 469 g/mol. The molecule has 0 amide bonds. The first-order valence-corrected chi connectivity index (χ1v) is 13.5. The molecule has 2 aromatic rings. The largest absolute Gasteiger partial charge is 0.494 e. The summed E-state index contributed by atoms with van der Waals surface area (Å²) in [5.41, 5.74) is 0.907. The summed E-state index contributed by atoms with van der Waals surface area (Å²) in [6.45, 7) is 5.21. The molecule has 1 aromatic heterocycles. The van der Waals surface area contributed by atoms with E-state index in [1.54, 1.807) is 12.4 Å². The molecule has 0 unspecified atom stereocenters. The highest BCUT2D eigenvalue weighted by atomic mass is 16.5. The lowest BCUT2D eigenvalue weighted by molar-refractivity contribution is -0.134. The summed E-state index contributed by atoms with van der Waals surface area (Å²) in [5, 5.41) is 0. The van der Waals surface area contributed by atoms with Crippen LogP contribution in [-0.4, -0.2) is 22.5 Å². The third kappa shape index (κ3) is 12.2. The monoisotopic (exact) mass is 468 g/mol. The topological polar surface area (TPSA) is 61.3 Å². The van der Waals surface area contributed by atoms with Gasteiger partial charge in [-0.2, -0.15) is 0 Å². The fourth-order valence-electron chi connectivity index (χ4n) is 3.88. The molecule has 188 valence electrons. The normalized spacial score (nSPS) is 10.9. The van der Waals surface area contributed by atoms with Gasteiger partial charge in [-0.1, -0.05) is 90.9 Å². The molecule has 0 spiro atoms. The minimum atomic E-state index is -0.218. The minimum Gasteiger partial charge on any atom is -0.494 e. The molecule has 0 N–H and O–H groups in total. The van der Waals surface area contributed by atoms with Crippen molar-refractivity contribution in [2.24, 2.45) is 0 Å². The van der Waals surface area contributed by atoms with Gasteiger partial charge in [-0.25, -0.2) is 9.97 Å².